The van der Waals surface area contributed by atoms with Gasteiger partial charge in [-0.3, -0.25) is 0 Å². The number of benzene rings is 6. The summed E-state index contributed by atoms with van der Waals surface area (Å²) in [6, 6.07) is 60.7. The van der Waals surface area contributed by atoms with Crippen molar-refractivity contribution in [3.05, 3.63) is 192 Å². The molecule has 0 fully saturated rings. The van der Waals surface area contributed by atoms with Crippen LogP contribution in [-0.2, 0) is 21.7 Å². The normalized spacial score (nSPS) is 12.4. The predicted molar refractivity (Wildman–Crippen MR) is 291 cm³/mol. The number of hydrogen-bond donors (Lipinski definition) is 0. The predicted octanol–water partition coefficient (Wildman–Crippen LogP) is 17.4. The molecule has 340 valence electrons. The SMILES string of the molecule is CC(C)(C)c1ccc(-c2ccc3ccc4ccc(-c5ccc(C(C)(C)C)cc5)nc4c3n2)cc1.CC(C)(C)c1ccc(-c2ccc3ccc4ccc(-c5ccc(C(C)(C)C)cc5)nc4c3n2)cc1. The molecule has 68 heavy (non-hydrogen) atoms. The van der Waals surface area contributed by atoms with Crippen LogP contribution in [0.15, 0.2) is 170 Å². The molecular formula is C64H64N4. The average molecular weight is 889 g/mol. The van der Waals surface area contributed by atoms with Gasteiger partial charge in [-0.25, -0.2) is 19.9 Å². The van der Waals surface area contributed by atoms with E-state index in [1.165, 1.54) is 22.3 Å². The monoisotopic (exact) mass is 889 g/mol. The van der Waals surface area contributed by atoms with Crippen molar-refractivity contribution in [3.8, 4) is 45.0 Å². The Morgan fingerprint density at radius 1 is 0.206 bits per heavy atom. The number of hydrogen-bond acceptors (Lipinski definition) is 4. The summed E-state index contributed by atoms with van der Waals surface area (Å²) in [7, 11) is 0. The third-order valence-electron chi connectivity index (χ3n) is 13.2. The van der Waals surface area contributed by atoms with E-state index in [1.54, 1.807) is 0 Å². The van der Waals surface area contributed by atoms with Gasteiger partial charge in [0.15, 0.2) is 0 Å². The number of pyridine rings is 4. The van der Waals surface area contributed by atoms with Gasteiger partial charge in [0, 0.05) is 43.8 Å². The van der Waals surface area contributed by atoms with Crippen LogP contribution in [0.4, 0.5) is 0 Å². The van der Waals surface area contributed by atoms with E-state index >= 15 is 0 Å². The highest BCUT2D eigenvalue weighted by atomic mass is 14.8. The lowest BCUT2D eigenvalue weighted by Gasteiger charge is -2.19. The van der Waals surface area contributed by atoms with Gasteiger partial charge in [-0.2, -0.15) is 0 Å². The van der Waals surface area contributed by atoms with Crippen LogP contribution in [0.5, 0.6) is 0 Å². The first kappa shape index (κ1) is 46.1. The molecule has 0 saturated heterocycles. The molecule has 0 unspecified atom stereocenters. The maximum Gasteiger partial charge on any atom is 0.0972 e. The van der Waals surface area contributed by atoms with Gasteiger partial charge in [-0.15, -0.1) is 0 Å². The fraction of sp³-hybridized carbons (Fsp3) is 0.250. The molecule has 0 N–H and O–H groups in total. The Balaban J connectivity index is 0.000000170. The Morgan fingerprint density at radius 3 is 0.529 bits per heavy atom. The maximum atomic E-state index is 5.08. The van der Waals surface area contributed by atoms with Gasteiger partial charge < -0.3 is 0 Å². The van der Waals surface area contributed by atoms with Gasteiger partial charge in [-0.05, 0) is 68.2 Å². The second-order valence-electron chi connectivity index (χ2n) is 22.5. The second-order valence-corrected chi connectivity index (χ2v) is 22.5. The second kappa shape index (κ2) is 17.6. The minimum atomic E-state index is 0.136. The van der Waals surface area contributed by atoms with Crippen LogP contribution in [0.2, 0.25) is 0 Å². The number of nitrogens with zero attached hydrogens (tertiary/aromatic N) is 4. The Labute approximate surface area is 403 Å². The first-order valence-electron chi connectivity index (χ1n) is 24.0. The van der Waals surface area contributed by atoms with Crippen LogP contribution in [0.25, 0.3) is 88.6 Å². The van der Waals surface area contributed by atoms with Crippen LogP contribution < -0.4 is 0 Å². The molecule has 10 rings (SSSR count). The zero-order chi connectivity index (χ0) is 48.2. The van der Waals surface area contributed by atoms with Crippen molar-refractivity contribution in [1.82, 2.24) is 19.9 Å². The lowest BCUT2D eigenvalue weighted by atomic mass is 9.86. The van der Waals surface area contributed by atoms with Gasteiger partial charge in [0.2, 0.25) is 0 Å². The summed E-state index contributed by atoms with van der Waals surface area (Å²) in [5.41, 5.74) is 18.0. The van der Waals surface area contributed by atoms with Crippen molar-refractivity contribution < 1.29 is 0 Å². The maximum absolute atomic E-state index is 5.08. The molecule has 0 aliphatic heterocycles. The molecule has 0 atom stereocenters. The highest BCUT2D eigenvalue weighted by molar-refractivity contribution is 6.05. The molecule has 4 nitrogen and oxygen atoms in total. The van der Waals surface area contributed by atoms with Crippen molar-refractivity contribution in [2.24, 2.45) is 0 Å². The highest BCUT2D eigenvalue weighted by Crippen LogP contribution is 2.34. The van der Waals surface area contributed by atoms with Gasteiger partial charge in [0.05, 0.1) is 44.8 Å². The van der Waals surface area contributed by atoms with E-state index in [0.29, 0.717) is 0 Å². The summed E-state index contributed by atoms with van der Waals surface area (Å²) < 4.78 is 0. The summed E-state index contributed by atoms with van der Waals surface area (Å²) in [6.45, 7) is 26.9. The van der Waals surface area contributed by atoms with Gasteiger partial charge in [0.25, 0.3) is 0 Å². The first-order valence-corrected chi connectivity index (χ1v) is 24.0. The molecule has 6 aromatic carbocycles. The van der Waals surface area contributed by atoms with E-state index in [-0.39, 0.29) is 21.7 Å². The van der Waals surface area contributed by atoms with Crippen molar-refractivity contribution in [2.45, 2.75) is 105 Å². The smallest absolute Gasteiger partial charge is 0.0972 e. The Bertz CT molecular complexity index is 2960. The van der Waals surface area contributed by atoms with E-state index in [1.807, 2.05) is 0 Å². The van der Waals surface area contributed by atoms with Crippen LogP contribution in [-0.4, -0.2) is 19.9 Å². The van der Waals surface area contributed by atoms with Crippen molar-refractivity contribution in [1.29, 1.82) is 0 Å². The van der Waals surface area contributed by atoms with Crippen molar-refractivity contribution in [2.75, 3.05) is 0 Å². The fourth-order valence-corrected chi connectivity index (χ4v) is 8.74. The lowest BCUT2D eigenvalue weighted by Crippen LogP contribution is -2.10. The van der Waals surface area contributed by atoms with E-state index in [4.69, 9.17) is 19.9 Å². The molecular weight excluding hydrogens is 825 g/mol. The van der Waals surface area contributed by atoms with Crippen molar-refractivity contribution >= 4 is 43.6 Å². The quantitative estimate of drug-likeness (QED) is 0.165. The number of rotatable bonds is 4. The molecule has 4 heterocycles. The molecule has 0 aliphatic rings. The summed E-state index contributed by atoms with van der Waals surface area (Å²) >= 11 is 0. The van der Waals surface area contributed by atoms with Crippen LogP contribution >= 0.6 is 0 Å². The lowest BCUT2D eigenvalue weighted by molar-refractivity contribution is 0.590. The fourth-order valence-electron chi connectivity index (χ4n) is 8.74. The molecule has 0 radical (unpaired) electrons. The molecule has 10 aromatic rings. The standard InChI is InChI=1S/2C32H32N2/c2*1-31(2,3)25-15-9-21(10-16-25)27-19-13-23-7-8-24-14-20-28(34-30(24)29(23)33-27)22-11-17-26(18-12-22)32(4,5)6/h2*7-20H,1-6H3. The Kier molecular flexibility index (Phi) is 11.9. The summed E-state index contributed by atoms with van der Waals surface area (Å²) in [4.78, 5) is 20.3. The molecule has 0 aliphatic carbocycles. The molecule has 4 heteroatoms. The van der Waals surface area contributed by atoms with Gasteiger partial charge in [-0.1, -0.05) is 229 Å². The molecule has 0 spiro atoms. The molecule has 0 saturated carbocycles. The largest absolute Gasteiger partial charge is 0.245 e. The van der Waals surface area contributed by atoms with E-state index < -0.39 is 0 Å². The minimum Gasteiger partial charge on any atom is -0.245 e. The number of aromatic nitrogens is 4. The van der Waals surface area contributed by atoms with E-state index in [0.717, 1.165) is 88.6 Å². The Hall–Kier alpha value is -7.04. The van der Waals surface area contributed by atoms with Gasteiger partial charge >= 0.3 is 0 Å². The highest BCUT2D eigenvalue weighted by Gasteiger charge is 2.18. The first-order chi connectivity index (χ1) is 32.2. The average Bonchev–Trinajstić information content (AvgIpc) is 3.32. The summed E-state index contributed by atoms with van der Waals surface area (Å²) in [6.07, 6.45) is 0. The molecule has 4 aromatic heterocycles. The topological polar surface area (TPSA) is 51.6 Å². The van der Waals surface area contributed by atoms with Crippen LogP contribution in [0.3, 0.4) is 0 Å². The summed E-state index contributed by atoms with van der Waals surface area (Å²) in [5, 5.41) is 4.43. The van der Waals surface area contributed by atoms with E-state index in [9.17, 15) is 0 Å². The van der Waals surface area contributed by atoms with Crippen LogP contribution in [0, 0.1) is 0 Å². The third-order valence-corrected chi connectivity index (χ3v) is 13.2. The summed E-state index contributed by atoms with van der Waals surface area (Å²) in [5.74, 6) is 0. The Morgan fingerprint density at radius 2 is 0.368 bits per heavy atom. The third kappa shape index (κ3) is 9.69. The molecule has 0 bridgehead atoms. The van der Waals surface area contributed by atoms with Crippen LogP contribution in [0.1, 0.15) is 105 Å². The minimum absolute atomic E-state index is 0.136. The van der Waals surface area contributed by atoms with Gasteiger partial charge in [0.1, 0.15) is 0 Å². The zero-order valence-electron chi connectivity index (χ0n) is 42.0. The number of fused-ring (bicyclic) bond motifs is 6. The van der Waals surface area contributed by atoms with E-state index in [2.05, 4.69) is 253 Å². The van der Waals surface area contributed by atoms with Crippen molar-refractivity contribution in [3.63, 3.8) is 0 Å². The molecule has 0 amide bonds. The zero-order valence-corrected chi connectivity index (χ0v) is 42.0.